The Labute approximate surface area is 127 Å². The Kier molecular flexibility index (Phi) is 6.93. The van der Waals surface area contributed by atoms with Crippen molar-refractivity contribution in [2.24, 2.45) is 0 Å². The average Bonchev–Trinajstić information content (AvgIpc) is 2.44. The Morgan fingerprint density at radius 1 is 1.40 bits per heavy atom. The van der Waals surface area contributed by atoms with Gasteiger partial charge in [-0.15, -0.1) is 0 Å². The lowest BCUT2D eigenvalue weighted by Gasteiger charge is -2.31. The van der Waals surface area contributed by atoms with Crippen LogP contribution in [0.5, 0.6) is 0 Å². The lowest BCUT2D eigenvalue weighted by Crippen LogP contribution is -2.39. The molecule has 0 fully saturated rings. The van der Waals surface area contributed by atoms with E-state index in [1.165, 1.54) is 0 Å². The summed E-state index contributed by atoms with van der Waals surface area (Å²) in [6.45, 7) is 3.44. The van der Waals surface area contributed by atoms with E-state index >= 15 is 0 Å². The molecule has 0 aliphatic rings. The largest absolute Gasteiger partial charge is 0.383 e. The minimum atomic E-state index is -0.442. The Morgan fingerprint density at radius 2 is 2.10 bits per heavy atom. The zero-order valence-electron chi connectivity index (χ0n) is 11.8. The van der Waals surface area contributed by atoms with Crippen molar-refractivity contribution in [2.75, 3.05) is 38.9 Å². The van der Waals surface area contributed by atoms with Crippen molar-refractivity contribution in [3.05, 3.63) is 28.0 Å². The third-order valence-corrected chi connectivity index (χ3v) is 3.74. The summed E-state index contributed by atoms with van der Waals surface area (Å²) in [6, 6.07) is 5.15. The van der Waals surface area contributed by atoms with Crippen LogP contribution in [0.4, 0.5) is 10.1 Å². The summed E-state index contributed by atoms with van der Waals surface area (Å²) in [5.41, 5.74) is 0.704. The van der Waals surface area contributed by atoms with Crippen LogP contribution in [-0.2, 0) is 9.47 Å². The lowest BCUT2D eigenvalue weighted by atomic mass is 10.1. The first kappa shape index (κ1) is 16.9. The molecule has 0 saturated carbocycles. The molecule has 0 bridgehead atoms. The van der Waals surface area contributed by atoms with Crippen molar-refractivity contribution in [2.45, 2.75) is 13.0 Å². The standard InChI is InChI=1S/C14H18BrFN2O2/c1-10(9-20-3)18(6-7-19-2)12-5-4-11(8-17)13(15)14(12)16/h4-5,10H,6-7,9H2,1-3H3. The molecule has 0 spiro atoms. The highest BCUT2D eigenvalue weighted by Gasteiger charge is 2.20. The highest BCUT2D eigenvalue weighted by molar-refractivity contribution is 9.10. The summed E-state index contributed by atoms with van der Waals surface area (Å²) >= 11 is 3.13. The normalized spacial score (nSPS) is 12.0. The van der Waals surface area contributed by atoms with Crippen LogP contribution in [0.2, 0.25) is 0 Å². The van der Waals surface area contributed by atoms with Gasteiger partial charge in [-0.2, -0.15) is 5.26 Å². The van der Waals surface area contributed by atoms with Gasteiger partial charge in [-0.25, -0.2) is 4.39 Å². The van der Waals surface area contributed by atoms with Crippen molar-refractivity contribution in [3.8, 4) is 6.07 Å². The van der Waals surface area contributed by atoms with E-state index in [2.05, 4.69) is 15.9 Å². The van der Waals surface area contributed by atoms with Crippen molar-refractivity contribution in [1.82, 2.24) is 0 Å². The molecule has 0 amide bonds. The smallest absolute Gasteiger partial charge is 0.161 e. The van der Waals surface area contributed by atoms with Gasteiger partial charge in [0.25, 0.3) is 0 Å². The molecule has 110 valence electrons. The predicted molar refractivity (Wildman–Crippen MR) is 79.4 cm³/mol. The van der Waals surface area contributed by atoms with E-state index in [0.29, 0.717) is 25.4 Å². The fourth-order valence-corrected chi connectivity index (χ4v) is 2.37. The second-order valence-corrected chi connectivity index (χ2v) is 5.16. The van der Waals surface area contributed by atoms with E-state index in [4.69, 9.17) is 14.7 Å². The summed E-state index contributed by atoms with van der Waals surface area (Å²) in [7, 11) is 3.21. The third-order valence-electron chi connectivity index (χ3n) is 2.97. The van der Waals surface area contributed by atoms with Gasteiger partial charge in [0.1, 0.15) is 6.07 Å². The van der Waals surface area contributed by atoms with Gasteiger partial charge in [0, 0.05) is 26.8 Å². The van der Waals surface area contributed by atoms with Crippen LogP contribution in [0.1, 0.15) is 12.5 Å². The zero-order valence-corrected chi connectivity index (χ0v) is 13.4. The molecule has 20 heavy (non-hydrogen) atoms. The molecule has 1 rings (SSSR count). The van der Waals surface area contributed by atoms with Crippen LogP contribution in [0.3, 0.4) is 0 Å². The van der Waals surface area contributed by atoms with E-state index in [1.54, 1.807) is 26.4 Å². The minimum Gasteiger partial charge on any atom is -0.383 e. The first-order valence-electron chi connectivity index (χ1n) is 6.19. The molecule has 1 aromatic carbocycles. The van der Waals surface area contributed by atoms with Crippen LogP contribution >= 0.6 is 15.9 Å². The molecule has 0 heterocycles. The van der Waals surface area contributed by atoms with Gasteiger partial charge in [-0.05, 0) is 35.0 Å². The molecular formula is C14H18BrFN2O2. The number of methoxy groups -OCH3 is 2. The van der Waals surface area contributed by atoms with Gasteiger partial charge in [0.05, 0.1) is 28.9 Å². The first-order valence-corrected chi connectivity index (χ1v) is 6.98. The van der Waals surface area contributed by atoms with Crippen LogP contribution in [0.15, 0.2) is 16.6 Å². The first-order chi connectivity index (χ1) is 9.56. The number of hydrogen-bond acceptors (Lipinski definition) is 4. The van der Waals surface area contributed by atoms with Crippen molar-refractivity contribution in [1.29, 1.82) is 5.26 Å². The molecule has 0 saturated heterocycles. The van der Waals surface area contributed by atoms with Gasteiger partial charge in [0.15, 0.2) is 5.82 Å². The summed E-state index contributed by atoms with van der Waals surface area (Å²) in [5.74, 6) is -0.442. The molecule has 0 radical (unpaired) electrons. The van der Waals surface area contributed by atoms with E-state index < -0.39 is 5.82 Å². The van der Waals surface area contributed by atoms with E-state index in [9.17, 15) is 4.39 Å². The Balaban J connectivity index is 3.13. The van der Waals surface area contributed by atoms with Crippen molar-refractivity contribution >= 4 is 21.6 Å². The summed E-state index contributed by atoms with van der Waals surface area (Å²) in [6.07, 6.45) is 0. The van der Waals surface area contributed by atoms with Gasteiger partial charge >= 0.3 is 0 Å². The van der Waals surface area contributed by atoms with Crippen molar-refractivity contribution < 1.29 is 13.9 Å². The van der Waals surface area contributed by atoms with Crippen molar-refractivity contribution in [3.63, 3.8) is 0 Å². The lowest BCUT2D eigenvalue weighted by molar-refractivity contribution is 0.170. The highest BCUT2D eigenvalue weighted by atomic mass is 79.9. The number of ether oxygens (including phenoxy) is 2. The highest BCUT2D eigenvalue weighted by Crippen LogP contribution is 2.30. The SMILES string of the molecule is COCCN(c1ccc(C#N)c(Br)c1F)C(C)COC. The minimum absolute atomic E-state index is 0.00974. The van der Waals surface area contributed by atoms with Gasteiger partial charge in [0.2, 0.25) is 0 Å². The van der Waals surface area contributed by atoms with E-state index in [-0.39, 0.29) is 16.1 Å². The Hall–Kier alpha value is -1.16. The Bertz CT molecular complexity index is 491. The maximum atomic E-state index is 14.4. The zero-order chi connectivity index (χ0) is 15.1. The molecule has 0 aliphatic carbocycles. The fourth-order valence-electron chi connectivity index (χ4n) is 1.95. The third kappa shape index (κ3) is 3.92. The number of nitriles is 1. The number of rotatable bonds is 7. The Morgan fingerprint density at radius 3 is 2.65 bits per heavy atom. The van der Waals surface area contributed by atoms with Crippen LogP contribution < -0.4 is 4.90 Å². The molecule has 1 atom stereocenters. The van der Waals surface area contributed by atoms with Gasteiger partial charge in [-0.3, -0.25) is 0 Å². The number of nitrogens with zero attached hydrogens (tertiary/aromatic N) is 2. The molecular weight excluding hydrogens is 327 g/mol. The van der Waals surface area contributed by atoms with Crippen LogP contribution in [0.25, 0.3) is 0 Å². The molecule has 1 unspecified atom stereocenters. The van der Waals surface area contributed by atoms with Crippen LogP contribution in [-0.4, -0.2) is 40.0 Å². The maximum absolute atomic E-state index is 14.4. The molecule has 1 aromatic rings. The molecule has 0 N–H and O–H groups in total. The number of hydrogen-bond donors (Lipinski definition) is 0. The monoisotopic (exact) mass is 344 g/mol. The molecule has 0 aromatic heterocycles. The maximum Gasteiger partial charge on any atom is 0.161 e. The van der Waals surface area contributed by atoms with Gasteiger partial charge in [-0.1, -0.05) is 0 Å². The summed E-state index contributed by atoms with van der Waals surface area (Å²) < 4.78 is 24.8. The number of halogens is 2. The molecule has 0 aliphatic heterocycles. The topological polar surface area (TPSA) is 45.5 Å². The van der Waals surface area contributed by atoms with E-state index in [0.717, 1.165) is 0 Å². The quantitative estimate of drug-likeness (QED) is 0.762. The predicted octanol–water partition coefficient (Wildman–Crippen LogP) is 2.95. The fraction of sp³-hybridized carbons (Fsp3) is 0.500. The second-order valence-electron chi connectivity index (χ2n) is 4.36. The van der Waals surface area contributed by atoms with E-state index in [1.807, 2.05) is 17.9 Å². The van der Waals surface area contributed by atoms with Gasteiger partial charge < -0.3 is 14.4 Å². The summed E-state index contributed by atoms with van der Waals surface area (Å²) in [4.78, 5) is 1.87. The molecule has 4 nitrogen and oxygen atoms in total. The van der Waals surface area contributed by atoms with Crippen LogP contribution in [0, 0.1) is 17.1 Å². The number of benzene rings is 1. The summed E-state index contributed by atoms with van der Waals surface area (Å²) in [5, 5.41) is 8.91. The number of anilines is 1. The second kappa shape index (κ2) is 8.20. The average molecular weight is 345 g/mol. The molecule has 6 heteroatoms.